The molecule has 22 heavy (non-hydrogen) atoms. The molecule has 4 nitrogen and oxygen atoms in total. The Morgan fingerprint density at radius 1 is 1.23 bits per heavy atom. The molecule has 0 saturated heterocycles. The largest absolute Gasteiger partial charge is 0.336 e. The molecule has 2 aromatic rings. The predicted molar refractivity (Wildman–Crippen MR) is 87.1 cm³/mol. The van der Waals surface area contributed by atoms with E-state index in [1.807, 2.05) is 41.4 Å². The third kappa shape index (κ3) is 3.06. The van der Waals surface area contributed by atoms with Crippen LogP contribution >= 0.6 is 0 Å². The molecule has 4 heteroatoms. The number of amides is 1. The van der Waals surface area contributed by atoms with Gasteiger partial charge in [0, 0.05) is 18.8 Å². The molecule has 116 valence electrons. The van der Waals surface area contributed by atoms with E-state index in [9.17, 15) is 4.79 Å². The summed E-state index contributed by atoms with van der Waals surface area (Å²) >= 11 is 0. The Hall–Kier alpha value is -2.10. The van der Waals surface area contributed by atoms with Crippen molar-refractivity contribution >= 4 is 5.91 Å². The number of carbonyl (C=O) groups is 1. The summed E-state index contributed by atoms with van der Waals surface area (Å²) in [6, 6.07) is 10.3. The van der Waals surface area contributed by atoms with E-state index in [2.05, 4.69) is 12.0 Å². The Morgan fingerprint density at radius 2 is 1.95 bits per heavy atom. The molecule has 0 radical (unpaired) electrons. The van der Waals surface area contributed by atoms with Crippen LogP contribution in [0.2, 0.25) is 0 Å². The number of carbonyl (C=O) groups excluding carboxylic acids is 1. The molecule has 1 aromatic carbocycles. The summed E-state index contributed by atoms with van der Waals surface area (Å²) in [5, 5.41) is 4.34. The van der Waals surface area contributed by atoms with Crippen molar-refractivity contribution in [3.05, 3.63) is 48.3 Å². The number of benzene rings is 1. The van der Waals surface area contributed by atoms with E-state index in [1.165, 1.54) is 19.3 Å². The molecule has 3 rings (SSSR count). The highest BCUT2D eigenvalue weighted by atomic mass is 16.2. The van der Waals surface area contributed by atoms with Crippen LogP contribution in [0.4, 0.5) is 0 Å². The first kappa shape index (κ1) is 14.8. The van der Waals surface area contributed by atoms with Crippen molar-refractivity contribution < 1.29 is 4.79 Å². The number of aromatic nitrogens is 2. The number of rotatable bonds is 4. The van der Waals surface area contributed by atoms with Crippen molar-refractivity contribution in [2.75, 3.05) is 6.54 Å². The maximum absolute atomic E-state index is 12.8. The first-order chi connectivity index (χ1) is 10.8. The topological polar surface area (TPSA) is 38.1 Å². The van der Waals surface area contributed by atoms with E-state index < -0.39 is 0 Å². The summed E-state index contributed by atoms with van der Waals surface area (Å²) in [4.78, 5) is 14.8. The average molecular weight is 297 g/mol. The summed E-state index contributed by atoms with van der Waals surface area (Å²) in [7, 11) is 0. The van der Waals surface area contributed by atoms with E-state index in [-0.39, 0.29) is 5.91 Å². The fraction of sp³-hybridized carbons (Fsp3) is 0.444. The van der Waals surface area contributed by atoms with Crippen LogP contribution in [0.25, 0.3) is 5.69 Å². The molecular formula is C18H23N3O. The molecule has 0 atom stereocenters. The molecule has 1 aromatic heterocycles. The van der Waals surface area contributed by atoms with Crippen LogP contribution < -0.4 is 0 Å². The third-order valence-electron chi connectivity index (χ3n) is 4.47. The molecule has 1 saturated carbocycles. The second kappa shape index (κ2) is 6.77. The van der Waals surface area contributed by atoms with Crippen molar-refractivity contribution in [2.24, 2.45) is 0 Å². The van der Waals surface area contributed by atoms with Crippen LogP contribution in [0.1, 0.15) is 49.4 Å². The van der Waals surface area contributed by atoms with Crippen LogP contribution in [0.3, 0.4) is 0 Å². The lowest BCUT2D eigenvalue weighted by Crippen LogP contribution is -2.41. The van der Waals surface area contributed by atoms with Crippen LogP contribution in [-0.4, -0.2) is 33.2 Å². The van der Waals surface area contributed by atoms with Gasteiger partial charge in [0.2, 0.25) is 0 Å². The van der Waals surface area contributed by atoms with Crippen LogP contribution in [-0.2, 0) is 0 Å². The molecule has 0 bridgehead atoms. The summed E-state index contributed by atoms with van der Waals surface area (Å²) in [5.74, 6) is 0.108. The molecule has 1 amide bonds. The second-order valence-electron chi connectivity index (χ2n) is 5.89. The van der Waals surface area contributed by atoms with Gasteiger partial charge >= 0.3 is 0 Å². The van der Waals surface area contributed by atoms with Crippen LogP contribution in [0, 0.1) is 0 Å². The smallest absolute Gasteiger partial charge is 0.257 e. The number of hydrogen-bond acceptors (Lipinski definition) is 2. The Balaban J connectivity index is 1.78. The van der Waals surface area contributed by atoms with Gasteiger partial charge in [-0.1, -0.05) is 37.5 Å². The van der Waals surface area contributed by atoms with Gasteiger partial charge in [-0.15, -0.1) is 0 Å². The van der Waals surface area contributed by atoms with Crippen molar-refractivity contribution in [3.63, 3.8) is 0 Å². The Labute approximate surface area is 131 Å². The minimum absolute atomic E-state index is 0.108. The first-order valence-corrected chi connectivity index (χ1v) is 8.20. The SMILES string of the molecule is CCN(C(=O)c1cnn(-c2ccccc2)c1)C1CCCCC1. The van der Waals surface area contributed by atoms with Gasteiger partial charge in [0.25, 0.3) is 5.91 Å². The maximum Gasteiger partial charge on any atom is 0.257 e. The van der Waals surface area contributed by atoms with Gasteiger partial charge in [0.15, 0.2) is 0 Å². The highest BCUT2D eigenvalue weighted by molar-refractivity contribution is 5.94. The van der Waals surface area contributed by atoms with Gasteiger partial charge in [0.05, 0.1) is 17.4 Å². The molecule has 0 spiro atoms. The Bertz CT molecular complexity index is 614. The van der Waals surface area contributed by atoms with E-state index >= 15 is 0 Å². The predicted octanol–water partition coefficient (Wildman–Crippen LogP) is 3.67. The average Bonchev–Trinajstić information content (AvgIpc) is 3.07. The third-order valence-corrected chi connectivity index (χ3v) is 4.47. The van der Waals surface area contributed by atoms with Gasteiger partial charge in [-0.2, -0.15) is 5.10 Å². The zero-order chi connectivity index (χ0) is 15.4. The fourth-order valence-corrected chi connectivity index (χ4v) is 3.28. The van der Waals surface area contributed by atoms with Crippen molar-refractivity contribution in [2.45, 2.75) is 45.1 Å². The molecule has 0 N–H and O–H groups in total. The fourth-order valence-electron chi connectivity index (χ4n) is 3.28. The van der Waals surface area contributed by atoms with Gasteiger partial charge in [-0.05, 0) is 31.9 Å². The van der Waals surface area contributed by atoms with E-state index in [0.29, 0.717) is 11.6 Å². The van der Waals surface area contributed by atoms with Gasteiger partial charge in [0.1, 0.15) is 0 Å². The monoisotopic (exact) mass is 297 g/mol. The lowest BCUT2D eigenvalue weighted by atomic mass is 9.94. The summed E-state index contributed by atoms with van der Waals surface area (Å²) in [5.41, 5.74) is 1.65. The Kier molecular flexibility index (Phi) is 4.56. The van der Waals surface area contributed by atoms with Crippen molar-refractivity contribution in [3.8, 4) is 5.69 Å². The maximum atomic E-state index is 12.8. The van der Waals surface area contributed by atoms with E-state index in [1.54, 1.807) is 10.9 Å². The van der Waals surface area contributed by atoms with Gasteiger partial charge < -0.3 is 4.90 Å². The van der Waals surface area contributed by atoms with E-state index in [4.69, 9.17) is 0 Å². The lowest BCUT2D eigenvalue weighted by Gasteiger charge is -2.33. The molecule has 0 unspecified atom stereocenters. The summed E-state index contributed by atoms with van der Waals surface area (Å²) < 4.78 is 1.77. The molecule has 1 fully saturated rings. The minimum atomic E-state index is 0.108. The summed E-state index contributed by atoms with van der Waals surface area (Å²) in [6.07, 6.45) is 9.55. The van der Waals surface area contributed by atoms with Crippen LogP contribution in [0.5, 0.6) is 0 Å². The van der Waals surface area contributed by atoms with E-state index in [0.717, 1.165) is 25.1 Å². The number of hydrogen-bond donors (Lipinski definition) is 0. The van der Waals surface area contributed by atoms with Gasteiger partial charge in [-0.3, -0.25) is 4.79 Å². The Morgan fingerprint density at radius 3 is 2.64 bits per heavy atom. The molecule has 0 aliphatic heterocycles. The van der Waals surface area contributed by atoms with Gasteiger partial charge in [-0.25, -0.2) is 4.68 Å². The summed E-state index contributed by atoms with van der Waals surface area (Å²) in [6.45, 7) is 2.83. The zero-order valence-electron chi connectivity index (χ0n) is 13.1. The second-order valence-corrected chi connectivity index (χ2v) is 5.89. The van der Waals surface area contributed by atoms with Crippen molar-refractivity contribution in [1.82, 2.24) is 14.7 Å². The number of para-hydroxylation sites is 1. The quantitative estimate of drug-likeness (QED) is 0.863. The lowest BCUT2D eigenvalue weighted by molar-refractivity contribution is 0.0648. The first-order valence-electron chi connectivity index (χ1n) is 8.20. The normalized spacial score (nSPS) is 15.7. The highest BCUT2D eigenvalue weighted by Gasteiger charge is 2.25. The number of nitrogens with zero attached hydrogens (tertiary/aromatic N) is 3. The molecule has 1 heterocycles. The van der Waals surface area contributed by atoms with Crippen LogP contribution in [0.15, 0.2) is 42.7 Å². The molecule has 1 aliphatic rings. The minimum Gasteiger partial charge on any atom is -0.336 e. The standard InChI is InChI=1S/C18H23N3O/c1-2-20(16-9-5-3-6-10-16)18(22)15-13-19-21(14-15)17-11-7-4-8-12-17/h4,7-8,11-14,16H,2-3,5-6,9-10H2,1H3. The molecular weight excluding hydrogens is 274 g/mol. The highest BCUT2D eigenvalue weighted by Crippen LogP contribution is 2.24. The molecule has 1 aliphatic carbocycles. The van der Waals surface area contributed by atoms with Crippen molar-refractivity contribution in [1.29, 1.82) is 0 Å². The zero-order valence-corrected chi connectivity index (χ0v) is 13.1.